The predicted octanol–water partition coefficient (Wildman–Crippen LogP) is 1.06. The number of hydrogen-bond acceptors (Lipinski definition) is 6. The number of nitrogens with one attached hydrogen (secondary N) is 1. The number of ether oxygens (including phenoxy) is 2. The van der Waals surface area contributed by atoms with E-state index in [1.54, 1.807) is 6.07 Å². The average Bonchev–Trinajstić information content (AvgIpc) is 2.61. The molecule has 8 nitrogen and oxygen atoms in total. The third-order valence-electron chi connectivity index (χ3n) is 4.04. The quantitative estimate of drug-likeness (QED) is 0.729. The lowest BCUT2D eigenvalue weighted by Crippen LogP contribution is -2.41. The second-order valence-electron chi connectivity index (χ2n) is 6.14. The summed E-state index contributed by atoms with van der Waals surface area (Å²) in [4.78, 5) is 12.1. The van der Waals surface area contributed by atoms with Crippen molar-refractivity contribution in [2.75, 3.05) is 38.7 Å². The largest absolute Gasteiger partial charge is 0.495 e. The minimum Gasteiger partial charge on any atom is -0.495 e. The summed E-state index contributed by atoms with van der Waals surface area (Å²) in [6, 6.07) is 3.82. The molecule has 1 saturated heterocycles. The number of benzene rings is 1. The third-order valence-corrected chi connectivity index (χ3v) is 5.96. The predicted molar refractivity (Wildman–Crippen MR) is 101 cm³/mol. The minimum absolute atomic E-state index is 0. The second kappa shape index (κ2) is 9.52. The number of nitrogens with zero attached hydrogens (tertiary/aromatic N) is 1. The van der Waals surface area contributed by atoms with Crippen LogP contribution in [0.15, 0.2) is 23.1 Å². The van der Waals surface area contributed by atoms with Crippen molar-refractivity contribution in [3.63, 3.8) is 0 Å². The van der Waals surface area contributed by atoms with Crippen molar-refractivity contribution in [1.29, 1.82) is 0 Å². The van der Waals surface area contributed by atoms with Crippen LogP contribution in [0.25, 0.3) is 0 Å². The van der Waals surface area contributed by atoms with Crippen molar-refractivity contribution in [1.82, 2.24) is 4.31 Å². The summed E-state index contributed by atoms with van der Waals surface area (Å²) in [5.74, 6) is -0.178. The van der Waals surface area contributed by atoms with Gasteiger partial charge in [-0.15, -0.1) is 12.4 Å². The molecule has 0 aliphatic carbocycles. The summed E-state index contributed by atoms with van der Waals surface area (Å²) in [5, 5.41) is 2.66. The number of carbonyl (C=O) groups is 1. The molecule has 0 saturated carbocycles. The van der Waals surface area contributed by atoms with E-state index in [-0.39, 0.29) is 48.0 Å². The monoisotopic (exact) mass is 407 g/mol. The van der Waals surface area contributed by atoms with Crippen LogP contribution < -0.4 is 15.8 Å². The summed E-state index contributed by atoms with van der Waals surface area (Å²) < 4.78 is 37.5. The molecular formula is C16H26ClN3O5S. The molecule has 1 aliphatic rings. The number of rotatable bonds is 6. The Morgan fingerprint density at radius 3 is 2.46 bits per heavy atom. The molecule has 1 aromatic carbocycles. The van der Waals surface area contributed by atoms with Gasteiger partial charge in [-0.1, -0.05) is 13.8 Å². The van der Waals surface area contributed by atoms with Crippen molar-refractivity contribution in [2.24, 2.45) is 11.7 Å². The Labute approximate surface area is 160 Å². The number of nitrogens with two attached hydrogens (primary N) is 1. The SMILES string of the molecule is COc1ccc(NC(=O)C(N)C(C)C)cc1S(=O)(=O)N1CCOCC1.Cl. The fourth-order valence-corrected chi connectivity index (χ4v) is 4.00. The first-order valence-corrected chi connectivity index (χ1v) is 9.53. The Balaban J connectivity index is 0.00000338. The van der Waals surface area contributed by atoms with Gasteiger partial charge in [-0.05, 0) is 24.1 Å². The molecule has 0 aromatic heterocycles. The van der Waals surface area contributed by atoms with Crippen LogP contribution in [0.5, 0.6) is 5.75 Å². The zero-order valence-corrected chi connectivity index (χ0v) is 16.7. The van der Waals surface area contributed by atoms with Crippen molar-refractivity contribution in [2.45, 2.75) is 24.8 Å². The first-order chi connectivity index (χ1) is 11.8. The normalized spacial score (nSPS) is 16.7. The molecule has 1 amide bonds. The van der Waals surface area contributed by atoms with Crippen molar-refractivity contribution >= 4 is 34.0 Å². The van der Waals surface area contributed by atoms with Gasteiger partial charge < -0.3 is 20.5 Å². The van der Waals surface area contributed by atoms with Gasteiger partial charge in [0.15, 0.2) is 0 Å². The second-order valence-corrected chi connectivity index (χ2v) is 8.05. The lowest BCUT2D eigenvalue weighted by Gasteiger charge is -2.27. The van der Waals surface area contributed by atoms with Crippen LogP contribution in [0.3, 0.4) is 0 Å². The van der Waals surface area contributed by atoms with Crippen LogP contribution in [0.1, 0.15) is 13.8 Å². The van der Waals surface area contributed by atoms with Crippen LogP contribution in [-0.2, 0) is 19.6 Å². The van der Waals surface area contributed by atoms with Gasteiger partial charge in [0.1, 0.15) is 10.6 Å². The van der Waals surface area contributed by atoms with E-state index in [1.165, 1.54) is 23.5 Å². The molecule has 1 heterocycles. The summed E-state index contributed by atoms with van der Waals surface area (Å²) >= 11 is 0. The molecule has 2 rings (SSSR count). The number of methoxy groups -OCH3 is 1. The molecule has 1 fully saturated rings. The van der Waals surface area contributed by atoms with E-state index in [0.29, 0.717) is 18.9 Å². The van der Waals surface area contributed by atoms with E-state index in [0.717, 1.165) is 0 Å². The van der Waals surface area contributed by atoms with Gasteiger partial charge in [-0.2, -0.15) is 4.31 Å². The Kier molecular flexibility index (Phi) is 8.29. The van der Waals surface area contributed by atoms with Gasteiger partial charge in [0, 0.05) is 18.8 Å². The number of morpholine rings is 1. The molecule has 10 heteroatoms. The van der Waals surface area contributed by atoms with Gasteiger partial charge in [0.05, 0.1) is 26.4 Å². The number of halogens is 1. The molecule has 1 unspecified atom stereocenters. The van der Waals surface area contributed by atoms with E-state index in [2.05, 4.69) is 5.32 Å². The van der Waals surface area contributed by atoms with Crippen LogP contribution in [-0.4, -0.2) is 58.1 Å². The van der Waals surface area contributed by atoms with Crippen LogP contribution in [0.2, 0.25) is 0 Å². The minimum atomic E-state index is -3.75. The van der Waals surface area contributed by atoms with Gasteiger partial charge in [0.25, 0.3) is 0 Å². The number of anilines is 1. The zero-order chi connectivity index (χ0) is 18.6. The van der Waals surface area contributed by atoms with Crippen LogP contribution >= 0.6 is 12.4 Å². The summed E-state index contributed by atoms with van der Waals surface area (Å²) in [5.41, 5.74) is 6.18. The Hall–Kier alpha value is -1.39. The lowest BCUT2D eigenvalue weighted by molar-refractivity contribution is -0.118. The van der Waals surface area contributed by atoms with Crippen LogP contribution in [0.4, 0.5) is 5.69 Å². The number of amides is 1. The molecule has 3 N–H and O–H groups in total. The summed E-state index contributed by atoms with van der Waals surface area (Å²) in [6.45, 7) is 4.93. The highest BCUT2D eigenvalue weighted by Crippen LogP contribution is 2.30. The van der Waals surface area contributed by atoms with E-state index < -0.39 is 16.1 Å². The summed E-state index contributed by atoms with van der Waals surface area (Å²) in [7, 11) is -2.35. The Morgan fingerprint density at radius 1 is 1.31 bits per heavy atom. The van der Waals surface area contributed by atoms with Crippen LogP contribution in [0, 0.1) is 5.92 Å². The lowest BCUT2D eigenvalue weighted by atomic mass is 10.0. The van der Waals surface area contributed by atoms with Gasteiger partial charge in [-0.3, -0.25) is 4.79 Å². The maximum absolute atomic E-state index is 12.9. The molecule has 0 bridgehead atoms. The Morgan fingerprint density at radius 2 is 1.92 bits per heavy atom. The highest BCUT2D eigenvalue weighted by atomic mass is 35.5. The first-order valence-electron chi connectivity index (χ1n) is 8.09. The number of sulfonamides is 1. The highest BCUT2D eigenvalue weighted by Gasteiger charge is 2.30. The fraction of sp³-hybridized carbons (Fsp3) is 0.562. The Bertz CT molecular complexity index is 721. The highest BCUT2D eigenvalue weighted by molar-refractivity contribution is 7.89. The van der Waals surface area contributed by atoms with Gasteiger partial charge in [-0.25, -0.2) is 8.42 Å². The van der Waals surface area contributed by atoms with E-state index in [4.69, 9.17) is 15.2 Å². The van der Waals surface area contributed by atoms with E-state index >= 15 is 0 Å². The molecule has 148 valence electrons. The molecule has 1 atom stereocenters. The topological polar surface area (TPSA) is 111 Å². The molecule has 0 radical (unpaired) electrons. The maximum Gasteiger partial charge on any atom is 0.246 e. The zero-order valence-electron chi connectivity index (χ0n) is 15.1. The van der Waals surface area contributed by atoms with Gasteiger partial charge in [0.2, 0.25) is 15.9 Å². The van der Waals surface area contributed by atoms with Crippen molar-refractivity contribution in [3.05, 3.63) is 18.2 Å². The molecule has 1 aromatic rings. The van der Waals surface area contributed by atoms with E-state index in [9.17, 15) is 13.2 Å². The third kappa shape index (κ3) is 5.08. The van der Waals surface area contributed by atoms with E-state index in [1.807, 2.05) is 13.8 Å². The number of hydrogen-bond donors (Lipinski definition) is 2. The maximum atomic E-state index is 12.9. The number of carbonyl (C=O) groups excluding carboxylic acids is 1. The molecular weight excluding hydrogens is 382 g/mol. The van der Waals surface area contributed by atoms with Crippen molar-refractivity contribution < 1.29 is 22.7 Å². The molecule has 1 aliphatic heterocycles. The molecule has 26 heavy (non-hydrogen) atoms. The summed E-state index contributed by atoms with van der Waals surface area (Å²) in [6.07, 6.45) is 0. The molecule has 0 spiro atoms. The first kappa shape index (κ1) is 22.7. The van der Waals surface area contributed by atoms with Gasteiger partial charge >= 0.3 is 0 Å². The standard InChI is InChI=1S/C16H25N3O5S.ClH/c1-11(2)15(17)16(20)18-12-4-5-13(23-3)14(10-12)25(21,22)19-6-8-24-9-7-19;/h4-5,10-11,15H,6-9,17H2,1-3H3,(H,18,20);1H. The van der Waals surface area contributed by atoms with Crippen molar-refractivity contribution in [3.8, 4) is 5.75 Å². The average molecular weight is 408 g/mol. The smallest absolute Gasteiger partial charge is 0.246 e. The fourth-order valence-electron chi connectivity index (χ4n) is 2.41.